The topological polar surface area (TPSA) is 88.7 Å². The smallest absolute Gasteiger partial charge is 0.345 e. The van der Waals surface area contributed by atoms with E-state index in [0.29, 0.717) is 50.8 Å². The molecule has 39 heavy (non-hydrogen) atoms. The van der Waals surface area contributed by atoms with Crippen molar-refractivity contribution in [3.8, 4) is 22.5 Å². The molecule has 3 aromatic heterocycles. The summed E-state index contributed by atoms with van der Waals surface area (Å²) >= 11 is 15.9. The van der Waals surface area contributed by atoms with E-state index in [9.17, 15) is 9.90 Å². The maximum absolute atomic E-state index is 11.3. The highest BCUT2D eigenvalue weighted by molar-refractivity contribution is 7.14. The zero-order chi connectivity index (χ0) is 26.7. The van der Waals surface area contributed by atoms with Gasteiger partial charge in [-0.15, -0.1) is 22.7 Å². The highest BCUT2D eigenvalue weighted by Crippen LogP contribution is 2.47. The van der Waals surface area contributed by atoms with E-state index in [-0.39, 0.29) is 6.10 Å². The molecule has 2 atom stereocenters. The van der Waals surface area contributed by atoms with Gasteiger partial charge in [0.25, 0.3) is 0 Å². The second kappa shape index (κ2) is 10.2. The summed E-state index contributed by atoms with van der Waals surface area (Å²) in [5, 5.41) is 19.6. The second-order valence-corrected chi connectivity index (χ2v) is 13.0. The Kier molecular flexibility index (Phi) is 6.67. The largest absolute Gasteiger partial charge is 0.477 e. The number of carboxylic acids is 1. The van der Waals surface area contributed by atoms with Crippen LogP contribution in [0.15, 0.2) is 39.5 Å². The number of fused-ring (bicyclic) bond motifs is 2. The molecule has 0 radical (unpaired) electrons. The third kappa shape index (κ3) is 4.78. The summed E-state index contributed by atoms with van der Waals surface area (Å²) in [7, 11) is 0. The first-order valence-electron chi connectivity index (χ1n) is 13.1. The van der Waals surface area contributed by atoms with E-state index in [1.807, 2.05) is 29.0 Å². The Morgan fingerprint density at radius 3 is 2.51 bits per heavy atom. The van der Waals surface area contributed by atoms with E-state index in [1.54, 1.807) is 17.4 Å². The zero-order valence-corrected chi connectivity index (χ0v) is 24.0. The van der Waals surface area contributed by atoms with Gasteiger partial charge in [0, 0.05) is 45.5 Å². The Morgan fingerprint density at radius 1 is 1.10 bits per heavy atom. The predicted molar refractivity (Wildman–Crippen MR) is 153 cm³/mol. The van der Waals surface area contributed by atoms with Crippen molar-refractivity contribution in [2.24, 2.45) is 0 Å². The molecule has 1 saturated carbocycles. The number of anilines is 1. The van der Waals surface area contributed by atoms with Crippen LogP contribution in [-0.2, 0) is 11.3 Å². The molecular weight excluding hydrogens is 577 g/mol. The molecule has 7 rings (SSSR count). The molecule has 1 aromatic carbocycles. The van der Waals surface area contributed by atoms with Crippen LogP contribution in [0.25, 0.3) is 22.5 Å². The van der Waals surface area contributed by atoms with E-state index in [4.69, 9.17) is 37.4 Å². The summed E-state index contributed by atoms with van der Waals surface area (Å²) in [5.41, 5.74) is 4.04. The first-order chi connectivity index (χ1) is 19.0. The Bertz CT molecular complexity index is 1510. The van der Waals surface area contributed by atoms with Gasteiger partial charge in [0.1, 0.15) is 16.3 Å². The molecule has 11 heteroatoms. The van der Waals surface area contributed by atoms with Crippen LogP contribution in [0.5, 0.6) is 0 Å². The van der Waals surface area contributed by atoms with Crippen molar-refractivity contribution in [1.82, 2.24) is 10.1 Å². The average Bonchev–Trinajstić information content (AvgIpc) is 3.25. The zero-order valence-electron chi connectivity index (χ0n) is 20.8. The van der Waals surface area contributed by atoms with Crippen molar-refractivity contribution in [2.45, 2.75) is 69.2 Å². The van der Waals surface area contributed by atoms with E-state index in [0.717, 1.165) is 66.2 Å². The third-order valence-electron chi connectivity index (χ3n) is 7.94. The van der Waals surface area contributed by atoms with Gasteiger partial charge < -0.3 is 19.3 Å². The minimum absolute atomic E-state index is 0.129. The first kappa shape index (κ1) is 25.5. The fourth-order valence-corrected chi connectivity index (χ4v) is 8.21. The quantitative estimate of drug-likeness (QED) is 0.218. The molecule has 2 aliphatic heterocycles. The number of piperidine rings is 1. The van der Waals surface area contributed by atoms with Gasteiger partial charge in [0.2, 0.25) is 0 Å². The predicted octanol–water partition coefficient (Wildman–Crippen LogP) is 8.13. The van der Waals surface area contributed by atoms with Gasteiger partial charge in [-0.3, -0.25) is 0 Å². The fraction of sp³-hybridized carbons (Fsp3) is 0.393. The number of ether oxygens (including phenoxy) is 1. The van der Waals surface area contributed by atoms with Crippen LogP contribution >= 0.6 is 45.9 Å². The van der Waals surface area contributed by atoms with Crippen LogP contribution in [0.3, 0.4) is 0 Å². The van der Waals surface area contributed by atoms with Crippen molar-refractivity contribution in [3.63, 3.8) is 0 Å². The highest BCUT2D eigenvalue weighted by Gasteiger charge is 2.43. The SMILES string of the molecule is O=C(O)c1cc(-c2csc(N3C4CCC3CC(OCc3c(-c5c(Cl)cccc5Cl)noc3C3CC3)C4)n2)cs1. The van der Waals surface area contributed by atoms with Gasteiger partial charge in [-0.1, -0.05) is 34.4 Å². The number of hydrogen-bond acceptors (Lipinski definition) is 8. The van der Waals surface area contributed by atoms with Gasteiger partial charge in [-0.05, 0) is 56.7 Å². The van der Waals surface area contributed by atoms with Crippen molar-refractivity contribution < 1.29 is 19.2 Å². The van der Waals surface area contributed by atoms with Crippen molar-refractivity contribution in [1.29, 1.82) is 0 Å². The van der Waals surface area contributed by atoms with Crippen LogP contribution < -0.4 is 4.90 Å². The van der Waals surface area contributed by atoms with Gasteiger partial charge in [-0.25, -0.2) is 9.78 Å². The highest BCUT2D eigenvalue weighted by atomic mass is 35.5. The lowest BCUT2D eigenvalue weighted by Crippen LogP contribution is -2.45. The summed E-state index contributed by atoms with van der Waals surface area (Å²) in [5.74, 6) is 0.383. The molecule has 1 N–H and O–H groups in total. The van der Waals surface area contributed by atoms with Crippen LogP contribution in [0, 0.1) is 0 Å². The van der Waals surface area contributed by atoms with E-state index in [1.165, 1.54) is 11.3 Å². The van der Waals surface area contributed by atoms with Crippen LogP contribution in [0.2, 0.25) is 10.0 Å². The summed E-state index contributed by atoms with van der Waals surface area (Å²) in [6, 6.07) is 7.90. The molecule has 7 nitrogen and oxygen atoms in total. The Morgan fingerprint density at radius 2 is 1.85 bits per heavy atom. The van der Waals surface area contributed by atoms with E-state index >= 15 is 0 Å². The number of aromatic nitrogens is 2. The molecule has 0 spiro atoms. The number of nitrogens with zero attached hydrogens (tertiary/aromatic N) is 3. The molecule has 5 heterocycles. The maximum atomic E-state index is 11.3. The third-order valence-corrected chi connectivity index (χ3v) is 10.3. The number of hydrogen-bond donors (Lipinski definition) is 1. The number of thiophene rings is 1. The molecular formula is C28H25Cl2N3O4S2. The average molecular weight is 603 g/mol. The number of halogens is 2. The number of rotatable bonds is 8. The fourth-order valence-electron chi connectivity index (χ4n) is 5.92. The Hall–Kier alpha value is -2.43. The van der Waals surface area contributed by atoms with Crippen molar-refractivity contribution in [2.75, 3.05) is 4.90 Å². The number of thiazole rings is 1. The van der Waals surface area contributed by atoms with Gasteiger partial charge >= 0.3 is 5.97 Å². The Balaban J connectivity index is 1.07. The lowest BCUT2D eigenvalue weighted by molar-refractivity contribution is 0.0147. The van der Waals surface area contributed by atoms with Gasteiger partial charge in [-0.2, -0.15) is 0 Å². The minimum Gasteiger partial charge on any atom is -0.477 e. The molecule has 202 valence electrons. The molecule has 0 amide bonds. The van der Waals surface area contributed by atoms with Crippen LogP contribution in [0.4, 0.5) is 5.13 Å². The number of aromatic carboxylic acids is 1. The lowest BCUT2D eigenvalue weighted by Gasteiger charge is -2.38. The van der Waals surface area contributed by atoms with E-state index in [2.05, 4.69) is 10.1 Å². The molecule has 2 unspecified atom stereocenters. The lowest BCUT2D eigenvalue weighted by atomic mass is 10.00. The first-order valence-corrected chi connectivity index (χ1v) is 15.6. The number of carbonyl (C=O) groups is 1. The van der Waals surface area contributed by atoms with Crippen LogP contribution in [-0.4, -0.2) is 39.4 Å². The van der Waals surface area contributed by atoms with Crippen molar-refractivity contribution in [3.05, 3.63) is 61.3 Å². The molecule has 4 aromatic rings. The molecule has 2 saturated heterocycles. The Labute approximate surface area is 243 Å². The number of benzene rings is 1. The van der Waals surface area contributed by atoms with Crippen molar-refractivity contribution >= 4 is 57.0 Å². The molecule has 3 fully saturated rings. The maximum Gasteiger partial charge on any atom is 0.345 e. The summed E-state index contributed by atoms with van der Waals surface area (Å²) in [6.45, 7) is 0.418. The molecule has 2 bridgehead atoms. The molecule has 1 aliphatic carbocycles. The standard InChI is InChI=1S/C28H25Cl2N3O4S2/c29-20-2-1-3-21(30)24(20)25-19(26(37-32-25)14-4-5-14)11-36-18-9-16-6-7-17(10-18)33(16)28-31-22(13-39-28)15-8-23(27(34)35)38-12-15/h1-3,8,12-14,16-18H,4-7,9-11H2,(H,34,35). The molecule has 3 aliphatic rings. The minimum atomic E-state index is -0.903. The normalized spacial score (nSPS) is 22.5. The summed E-state index contributed by atoms with van der Waals surface area (Å²) in [4.78, 5) is 19.0. The van der Waals surface area contributed by atoms with Crippen LogP contribution in [0.1, 0.15) is 65.4 Å². The number of carboxylic acid groups (broad SMARTS) is 1. The van der Waals surface area contributed by atoms with E-state index < -0.39 is 5.97 Å². The monoisotopic (exact) mass is 601 g/mol. The van der Waals surface area contributed by atoms with Gasteiger partial charge in [0.05, 0.1) is 28.5 Å². The second-order valence-electron chi connectivity index (χ2n) is 10.5. The van der Waals surface area contributed by atoms with Gasteiger partial charge in [0.15, 0.2) is 5.13 Å². The summed E-state index contributed by atoms with van der Waals surface area (Å²) < 4.78 is 12.4. The summed E-state index contributed by atoms with van der Waals surface area (Å²) in [6.07, 6.45) is 6.41.